The van der Waals surface area contributed by atoms with E-state index >= 15 is 0 Å². The third-order valence-electron chi connectivity index (χ3n) is 5.02. The molecule has 0 radical (unpaired) electrons. The molecule has 2 amide bonds. The van der Waals surface area contributed by atoms with Gasteiger partial charge < -0.3 is 0 Å². The highest BCUT2D eigenvalue weighted by molar-refractivity contribution is 6.08. The first-order valence-corrected chi connectivity index (χ1v) is 8.47. The Morgan fingerprint density at radius 2 is 1.67 bits per heavy atom. The van der Waals surface area contributed by atoms with E-state index in [1.807, 2.05) is 49.4 Å². The van der Waals surface area contributed by atoms with E-state index in [1.165, 1.54) is 16.0 Å². The van der Waals surface area contributed by atoms with Gasteiger partial charge in [-0.3, -0.25) is 14.5 Å². The van der Waals surface area contributed by atoms with Gasteiger partial charge in [0.25, 0.3) is 0 Å². The molecular weight excluding hydrogens is 298 g/mol. The van der Waals surface area contributed by atoms with Crippen molar-refractivity contribution in [1.29, 1.82) is 0 Å². The molecule has 3 rings (SSSR count). The van der Waals surface area contributed by atoms with Crippen molar-refractivity contribution in [3.8, 4) is 0 Å². The standard InChI is InChI=1S/C21H23NO2/c1-16-9-6-7-10-17(16)11-8-14-22-19(23)15-21(2,20(22)24)18-12-4-3-5-13-18/h3-7,9-10,12-13H,8,11,14-15H2,1-2H3. The Morgan fingerprint density at radius 1 is 1.00 bits per heavy atom. The minimum absolute atomic E-state index is 0.0591. The van der Waals surface area contributed by atoms with E-state index in [0.717, 1.165) is 18.4 Å². The largest absolute Gasteiger partial charge is 0.282 e. The molecule has 1 unspecified atom stereocenters. The van der Waals surface area contributed by atoms with Gasteiger partial charge in [0.1, 0.15) is 0 Å². The minimum Gasteiger partial charge on any atom is -0.282 e. The first kappa shape index (κ1) is 16.4. The number of benzene rings is 2. The lowest BCUT2D eigenvalue weighted by molar-refractivity contribution is -0.139. The second kappa shape index (κ2) is 6.60. The molecule has 2 aromatic carbocycles. The fourth-order valence-corrected chi connectivity index (χ4v) is 3.46. The van der Waals surface area contributed by atoms with E-state index in [1.54, 1.807) is 0 Å². The predicted octanol–water partition coefficient (Wildman–Crippen LogP) is 3.64. The molecule has 0 saturated carbocycles. The zero-order valence-corrected chi connectivity index (χ0v) is 14.3. The smallest absolute Gasteiger partial charge is 0.240 e. The molecule has 24 heavy (non-hydrogen) atoms. The number of carbonyl (C=O) groups is 2. The number of likely N-dealkylation sites (tertiary alicyclic amines) is 1. The van der Waals surface area contributed by atoms with Crippen LogP contribution in [0.25, 0.3) is 0 Å². The lowest BCUT2D eigenvalue weighted by Crippen LogP contribution is -2.37. The van der Waals surface area contributed by atoms with Crippen LogP contribution in [0.4, 0.5) is 0 Å². The Bertz CT molecular complexity index is 753. The molecule has 1 aliphatic rings. The van der Waals surface area contributed by atoms with Crippen molar-refractivity contribution in [2.75, 3.05) is 6.54 Å². The average molecular weight is 321 g/mol. The zero-order chi connectivity index (χ0) is 17.2. The van der Waals surface area contributed by atoms with Gasteiger partial charge in [-0.2, -0.15) is 0 Å². The maximum atomic E-state index is 12.9. The van der Waals surface area contributed by atoms with Gasteiger partial charge in [0.2, 0.25) is 11.8 Å². The number of rotatable bonds is 5. The predicted molar refractivity (Wildman–Crippen MR) is 94.6 cm³/mol. The van der Waals surface area contributed by atoms with Gasteiger partial charge in [0.15, 0.2) is 0 Å². The number of hydrogen-bond donors (Lipinski definition) is 0. The molecule has 0 N–H and O–H groups in total. The number of hydrogen-bond acceptors (Lipinski definition) is 2. The summed E-state index contributed by atoms with van der Waals surface area (Å²) in [7, 11) is 0. The van der Waals surface area contributed by atoms with Crippen molar-refractivity contribution >= 4 is 11.8 Å². The summed E-state index contributed by atoms with van der Waals surface area (Å²) < 4.78 is 0. The molecule has 3 nitrogen and oxygen atoms in total. The van der Waals surface area contributed by atoms with Gasteiger partial charge in [-0.1, -0.05) is 54.6 Å². The van der Waals surface area contributed by atoms with Crippen LogP contribution in [0.15, 0.2) is 54.6 Å². The lowest BCUT2D eigenvalue weighted by atomic mass is 9.81. The van der Waals surface area contributed by atoms with E-state index in [-0.39, 0.29) is 18.2 Å². The number of imide groups is 1. The summed E-state index contributed by atoms with van der Waals surface area (Å²) in [6, 6.07) is 17.9. The van der Waals surface area contributed by atoms with Gasteiger partial charge in [-0.25, -0.2) is 0 Å². The molecular formula is C21H23NO2. The summed E-state index contributed by atoms with van der Waals surface area (Å²) in [5.41, 5.74) is 2.74. The molecule has 1 aliphatic heterocycles. The van der Waals surface area contributed by atoms with Crippen LogP contribution in [0.2, 0.25) is 0 Å². The minimum atomic E-state index is -0.721. The number of carbonyl (C=O) groups excluding carboxylic acids is 2. The molecule has 3 heteroatoms. The monoisotopic (exact) mass is 321 g/mol. The first-order valence-electron chi connectivity index (χ1n) is 8.47. The van der Waals surface area contributed by atoms with Gasteiger partial charge >= 0.3 is 0 Å². The molecule has 1 fully saturated rings. The van der Waals surface area contributed by atoms with Crippen LogP contribution in [0.5, 0.6) is 0 Å². The Labute approximate surface area is 143 Å². The Hall–Kier alpha value is -2.42. The van der Waals surface area contributed by atoms with Crippen molar-refractivity contribution in [3.05, 3.63) is 71.3 Å². The number of nitrogens with zero attached hydrogens (tertiary/aromatic N) is 1. The normalized spacial score (nSPS) is 20.7. The van der Waals surface area contributed by atoms with Crippen LogP contribution < -0.4 is 0 Å². The van der Waals surface area contributed by atoms with Crippen molar-refractivity contribution in [3.63, 3.8) is 0 Å². The van der Waals surface area contributed by atoms with Crippen LogP contribution in [-0.2, 0) is 21.4 Å². The van der Waals surface area contributed by atoms with Crippen molar-refractivity contribution in [2.45, 2.75) is 38.5 Å². The van der Waals surface area contributed by atoms with Crippen LogP contribution in [-0.4, -0.2) is 23.3 Å². The van der Waals surface area contributed by atoms with Crippen LogP contribution >= 0.6 is 0 Å². The second-order valence-corrected chi connectivity index (χ2v) is 6.76. The fourth-order valence-electron chi connectivity index (χ4n) is 3.46. The molecule has 1 heterocycles. The van der Waals surface area contributed by atoms with Gasteiger partial charge in [0, 0.05) is 13.0 Å². The van der Waals surface area contributed by atoms with E-state index in [0.29, 0.717) is 6.54 Å². The summed E-state index contributed by atoms with van der Waals surface area (Å²) in [5.74, 6) is -0.125. The fraction of sp³-hybridized carbons (Fsp3) is 0.333. The van der Waals surface area contributed by atoms with Crippen LogP contribution in [0, 0.1) is 6.92 Å². The summed E-state index contributed by atoms with van der Waals surface area (Å²) in [4.78, 5) is 26.7. The Kier molecular flexibility index (Phi) is 4.52. The second-order valence-electron chi connectivity index (χ2n) is 6.76. The topological polar surface area (TPSA) is 37.4 Å². The molecule has 124 valence electrons. The highest BCUT2D eigenvalue weighted by atomic mass is 16.2. The third-order valence-corrected chi connectivity index (χ3v) is 5.02. The third kappa shape index (κ3) is 2.99. The summed E-state index contributed by atoms with van der Waals surface area (Å²) in [6.45, 7) is 4.46. The molecule has 2 aromatic rings. The van der Waals surface area contributed by atoms with Crippen LogP contribution in [0.3, 0.4) is 0 Å². The summed E-state index contributed by atoms with van der Waals surface area (Å²) in [5, 5.41) is 0. The summed E-state index contributed by atoms with van der Waals surface area (Å²) in [6.07, 6.45) is 1.94. The van der Waals surface area contributed by atoms with E-state index in [2.05, 4.69) is 19.1 Å². The maximum Gasteiger partial charge on any atom is 0.240 e. The van der Waals surface area contributed by atoms with Crippen LogP contribution in [0.1, 0.15) is 36.5 Å². The Morgan fingerprint density at radius 3 is 2.38 bits per heavy atom. The van der Waals surface area contributed by atoms with E-state index < -0.39 is 5.41 Å². The number of amides is 2. The molecule has 0 aliphatic carbocycles. The molecule has 1 saturated heterocycles. The average Bonchev–Trinajstić information content (AvgIpc) is 2.81. The SMILES string of the molecule is Cc1ccccc1CCCN1C(=O)CC(C)(c2ccccc2)C1=O. The van der Waals surface area contributed by atoms with E-state index in [9.17, 15) is 9.59 Å². The van der Waals surface area contributed by atoms with Gasteiger partial charge in [-0.05, 0) is 43.4 Å². The highest BCUT2D eigenvalue weighted by Gasteiger charge is 2.48. The van der Waals surface area contributed by atoms with Crippen molar-refractivity contribution < 1.29 is 9.59 Å². The zero-order valence-electron chi connectivity index (χ0n) is 14.3. The first-order chi connectivity index (χ1) is 11.5. The highest BCUT2D eigenvalue weighted by Crippen LogP contribution is 2.36. The molecule has 0 bridgehead atoms. The number of aryl methyl sites for hydroxylation is 2. The van der Waals surface area contributed by atoms with Crippen molar-refractivity contribution in [2.24, 2.45) is 0 Å². The maximum absolute atomic E-state index is 12.9. The van der Waals surface area contributed by atoms with Gasteiger partial charge in [-0.15, -0.1) is 0 Å². The van der Waals surface area contributed by atoms with Gasteiger partial charge in [0.05, 0.1) is 5.41 Å². The lowest BCUT2D eigenvalue weighted by Gasteiger charge is -2.22. The van der Waals surface area contributed by atoms with E-state index in [4.69, 9.17) is 0 Å². The van der Waals surface area contributed by atoms with Crippen molar-refractivity contribution in [1.82, 2.24) is 4.90 Å². The quantitative estimate of drug-likeness (QED) is 0.788. The molecule has 0 aromatic heterocycles. The molecule has 1 atom stereocenters. The summed E-state index contributed by atoms with van der Waals surface area (Å²) >= 11 is 0. The molecule has 0 spiro atoms. The Balaban J connectivity index is 1.68.